The highest BCUT2D eigenvalue weighted by Crippen LogP contribution is 2.30. The van der Waals surface area contributed by atoms with Gasteiger partial charge in [-0.05, 0) is 55.2 Å². The third-order valence-corrected chi connectivity index (χ3v) is 6.22. The van der Waals surface area contributed by atoms with Crippen LogP contribution in [-0.4, -0.2) is 34.5 Å². The van der Waals surface area contributed by atoms with Crippen LogP contribution in [-0.2, 0) is 27.7 Å². The lowest BCUT2D eigenvalue weighted by Crippen LogP contribution is -2.26. The number of carbonyl (C=O) groups is 1. The van der Waals surface area contributed by atoms with Gasteiger partial charge in [0.1, 0.15) is 5.75 Å². The van der Waals surface area contributed by atoms with Crippen LogP contribution in [0.2, 0.25) is 0 Å². The van der Waals surface area contributed by atoms with Crippen molar-refractivity contribution >= 4 is 21.6 Å². The van der Waals surface area contributed by atoms with Gasteiger partial charge in [0.25, 0.3) is 0 Å². The normalized spacial score (nSPS) is 13.5. The lowest BCUT2D eigenvalue weighted by atomic mass is 10.1. The highest BCUT2D eigenvalue weighted by atomic mass is 32.2. The maximum atomic E-state index is 12.6. The van der Waals surface area contributed by atoms with Gasteiger partial charge in [0.2, 0.25) is 15.9 Å². The number of nitrogens with zero attached hydrogens (tertiary/aromatic N) is 1. The smallest absolute Gasteiger partial charge is 0.240 e. The Morgan fingerprint density at radius 2 is 2.00 bits per heavy atom. The number of aryl methyl sites for hydroxylation is 1. The molecule has 0 radical (unpaired) electrons. The Hall–Kier alpha value is -2.38. The molecule has 0 saturated heterocycles. The molecule has 0 unspecified atom stereocenters. The van der Waals surface area contributed by atoms with Crippen molar-refractivity contribution in [2.75, 3.05) is 25.1 Å². The second-order valence-corrected chi connectivity index (χ2v) is 8.44. The maximum absolute atomic E-state index is 12.6. The van der Waals surface area contributed by atoms with Crippen LogP contribution < -0.4 is 14.4 Å². The summed E-state index contributed by atoms with van der Waals surface area (Å²) in [6, 6.07) is 10.8. The minimum absolute atomic E-state index is 0.0328. The summed E-state index contributed by atoms with van der Waals surface area (Å²) >= 11 is 0. The maximum Gasteiger partial charge on any atom is 0.240 e. The van der Waals surface area contributed by atoms with Crippen molar-refractivity contribution in [2.24, 2.45) is 0 Å². The van der Waals surface area contributed by atoms with Crippen molar-refractivity contribution in [3.8, 4) is 5.75 Å². The van der Waals surface area contributed by atoms with Gasteiger partial charge in [-0.3, -0.25) is 4.79 Å². The molecule has 1 aliphatic rings. The number of fused-ring (bicyclic) bond motifs is 1. The number of rotatable bonds is 6. The molecule has 2 aromatic carbocycles. The lowest BCUT2D eigenvalue weighted by Gasteiger charge is -2.15. The van der Waals surface area contributed by atoms with Gasteiger partial charge < -0.3 is 9.64 Å². The summed E-state index contributed by atoms with van der Waals surface area (Å²) in [7, 11) is -2.01. The zero-order valence-corrected chi connectivity index (χ0v) is 16.6. The SMILES string of the molecule is COc1ccc(C)cc1CCNS(=O)(=O)c1ccc2c(c1)CCN2C(C)=O. The molecule has 27 heavy (non-hydrogen) atoms. The number of hydrogen-bond donors (Lipinski definition) is 1. The second-order valence-electron chi connectivity index (χ2n) is 6.67. The van der Waals surface area contributed by atoms with E-state index in [9.17, 15) is 13.2 Å². The fourth-order valence-corrected chi connectivity index (χ4v) is 4.46. The van der Waals surface area contributed by atoms with Gasteiger partial charge >= 0.3 is 0 Å². The summed E-state index contributed by atoms with van der Waals surface area (Å²) in [5.74, 6) is 0.719. The number of hydrogen-bond acceptors (Lipinski definition) is 4. The van der Waals surface area contributed by atoms with E-state index in [-0.39, 0.29) is 17.3 Å². The molecular formula is C20H24N2O4S. The van der Waals surface area contributed by atoms with Crippen LogP contribution in [0.5, 0.6) is 5.75 Å². The van der Waals surface area contributed by atoms with E-state index in [1.54, 1.807) is 30.2 Å². The highest BCUT2D eigenvalue weighted by molar-refractivity contribution is 7.89. The van der Waals surface area contributed by atoms with Gasteiger partial charge in [-0.1, -0.05) is 17.7 Å². The molecule has 2 aromatic rings. The lowest BCUT2D eigenvalue weighted by molar-refractivity contribution is -0.116. The monoisotopic (exact) mass is 388 g/mol. The highest BCUT2D eigenvalue weighted by Gasteiger charge is 2.24. The third-order valence-electron chi connectivity index (χ3n) is 4.76. The zero-order valence-electron chi connectivity index (χ0n) is 15.8. The van der Waals surface area contributed by atoms with Crippen LogP contribution in [0, 0.1) is 6.92 Å². The molecule has 3 rings (SSSR count). The Labute approximate surface area is 160 Å². The van der Waals surface area contributed by atoms with Crippen LogP contribution >= 0.6 is 0 Å². The average molecular weight is 388 g/mol. The van der Waals surface area contributed by atoms with E-state index in [4.69, 9.17) is 4.74 Å². The first-order valence-corrected chi connectivity index (χ1v) is 10.3. The number of nitrogens with one attached hydrogen (secondary N) is 1. The predicted molar refractivity (Wildman–Crippen MR) is 105 cm³/mol. The first-order valence-electron chi connectivity index (χ1n) is 8.86. The Kier molecular flexibility index (Phi) is 5.53. The molecule has 0 aliphatic carbocycles. The Bertz CT molecular complexity index is 970. The molecule has 1 N–H and O–H groups in total. The van der Waals surface area contributed by atoms with Crippen molar-refractivity contribution in [3.05, 3.63) is 53.1 Å². The second kappa shape index (κ2) is 7.70. The molecule has 7 heteroatoms. The molecule has 0 saturated carbocycles. The number of ether oxygens (including phenoxy) is 1. The number of benzene rings is 2. The summed E-state index contributed by atoms with van der Waals surface area (Å²) in [4.78, 5) is 13.5. The van der Waals surface area contributed by atoms with E-state index in [2.05, 4.69) is 4.72 Å². The van der Waals surface area contributed by atoms with Crippen LogP contribution in [0.4, 0.5) is 5.69 Å². The van der Waals surface area contributed by atoms with Gasteiger partial charge in [0.15, 0.2) is 0 Å². The van der Waals surface area contributed by atoms with Crippen molar-refractivity contribution < 1.29 is 17.9 Å². The molecule has 0 spiro atoms. The minimum Gasteiger partial charge on any atom is -0.496 e. The van der Waals surface area contributed by atoms with Gasteiger partial charge in [0.05, 0.1) is 12.0 Å². The summed E-state index contributed by atoms with van der Waals surface area (Å²) in [6.07, 6.45) is 1.20. The fourth-order valence-electron chi connectivity index (χ4n) is 3.38. The summed E-state index contributed by atoms with van der Waals surface area (Å²) in [5.41, 5.74) is 3.74. The predicted octanol–water partition coefficient (Wildman–Crippen LogP) is 2.43. The summed E-state index contributed by atoms with van der Waals surface area (Å²) < 4.78 is 33.3. The van der Waals surface area contributed by atoms with Crippen molar-refractivity contribution in [3.63, 3.8) is 0 Å². The Morgan fingerprint density at radius 1 is 1.22 bits per heavy atom. The third kappa shape index (κ3) is 4.14. The van der Waals surface area contributed by atoms with E-state index in [0.717, 1.165) is 28.1 Å². The quantitative estimate of drug-likeness (QED) is 0.825. The average Bonchev–Trinajstić information content (AvgIpc) is 3.05. The largest absolute Gasteiger partial charge is 0.496 e. The van der Waals surface area contributed by atoms with E-state index in [1.807, 2.05) is 25.1 Å². The van der Waals surface area contributed by atoms with Crippen LogP contribution in [0.25, 0.3) is 0 Å². The number of carbonyl (C=O) groups excluding carboxylic acids is 1. The molecule has 1 amide bonds. The zero-order chi connectivity index (χ0) is 19.6. The van der Waals surface area contributed by atoms with Crippen molar-refractivity contribution in [2.45, 2.75) is 31.6 Å². The Balaban J connectivity index is 1.71. The molecule has 1 heterocycles. The molecule has 1 aliphatic heterocycles. The topological polar surface area (TPSA) is 75.7 Å². The minimum atomic E-state index is -3.61. The van der Waals surface area contributed by atoms with Gasteiger partial charge in [0, 0.05) is 25.7 Å². The standard InChI is InChI=1S/C20H24N2O4S/c1-14-4-7-20(26-3)17(12-14)8-10-21-27(24,25)18-5-6-19-16(13-18)9-11-22(19)15(2)23/h4-7,12-13,21H,8-11H2,1-3H3. The molecule has 144 valence electrons. The van der Waals surface area contributed by atoms with E-state index < -0.39 is 10.0 Å². The van der Waals surface area contributed by atoms with Crippen LogP contribution in [0.1, 0.15) is 23.6 Å². The van der Waals surface area contributed by atoms with E-state index in [1.165, 1.54) is 6.92 Å². The van der Waals surface area contributed by atoms with Gasteiger partial charge in [-0.25, -0.2) is 13.1 Å². The summed E-state index contributed by atoms with van der Waals surface area (Å²) in [5, 5.41) is 0. The first kappa shape index (κ1) is 19.4. The van der Waals surface area contributed by atoms with Crippen LogP contribution in [0.3, 0.4) is 0 Å². The Morgan fingerprint density at radius 3 is 2.70 bits per heavy atom. The molecule has 0 atom stereocenters. The molecule has 0 bridgehead atoms. The first-order chi connectivity index (χ1) is 12.8. The van der Waals surface area contributed by atoms with E-state index >= 15 is 0 Å². The number of amides is 1. The van der Waals surface area contributed by atoms with Gasteiger partial charge in [-0.15, -0.1) is 0 Å². The summed E-state index contributed by atoms with van der Waals surface area (Å²) in [6.45, 7) is 4.37. The number of anilines is 1. The molecule has 0 aromatic heterocycles. The van der Waals surface area contributed by atoms with Crippen molar-refractivity contribution in [1.29, 1.82) is 0 Å². The molecule has 0 fully saturated rings. The number of methoxy groups -OCH3 is 1. The fraction of sp³-hybridized carbons (Fsp3) is 0.350. The molecule has 6 nitrogen and oxygen atoms in total. The van der Waals surface area contributed by atoms with Gasteiger partial charge in [-0.2, -0.15) is 0 Å². The van der Waals surface area contributed by atoms with Crippen molar-refractivity contribution in [1.82, 2.24) is 4.72 Å². The number of sulfonamides is 1. The van der Waals surface area contributed by atoms with E-state index in [0.29, 0.717) is 19.4 Å². The molecular weight excluding hydrogens is 364 g/mol. The van der Waals surface area contributed by atoms with Crippen LogP contribution in [0.15, 0.2) is 41.3 Å².